The number of aliphatic hydroxyl groups excluding tert-OH is 1. The van der Waals surface area contributed by atoms with Gasteiger partial charge in [-0.2, -0.15) is 0 Å². The van der Waals surface area contributed by atoms with Crippen LogP contribution in [0.25, 0.3) is 5.70 Å². The van der Waals surface area contributed by atoms with E-state index in [1.165, 1.54) is 6.07 Å². The third kappa shape index (κ3) is 6.22. The molecule has 0 bridgehead atoms. The lowest BCUT2D eigenvalue weighted by Gasteiger charge is -2.44. The normalized spacial score (nSPS) is 16.7. The number of β-amino-alcohol motifs (C(OH)–C–C–N with tert-alkyl or cyclic N) is 1. The number of aryl methyl sites for hydroxylation is 1. The topological polar surface area (TPSA) is 73.0 Å². The van der Waals surface area contributed by atoms with E-state index in [0.717, 1.165) is 23.3 Å². The summed E-state index contributed by atoms with van der Waals surface area (Å²) in [6.07, 6.45) is -0.955. The first-order chi connectivity index (χ1) is 17.2. The molecule has 192 valence electrons. The van der Waals surface area contributed by atoms with Crippen LogP contribution in [0, 0.1) is 18.6 Å². The molecule has 1 fully saturated rings. The molecule has 3 aromatic carbocycles. The molecule has 2 atom stereocenters. The van der Waals surface area contributed by atoms with Crippen molar-refractivity contribution in [3.05, 3.63) is 101 Å². The van der Waals surface area contributed by atoms with Crippen LogP contribution in [0.2, 0.25) is 0 Å². The first kappa shape index (κ1) is 27.2. The van der Waals surface area contributed by atoms with Crippen molar-refractivity contribution in [1.29, 1.82) is 0 Å². The number of hydrogen-bond acceptors (Lipinski definition) is 5. The second-order valence-corrected chi connectivity index (χ2v) is 8.80. The molecule has 36 heavy (non-hydrogen) atoms. The van der Waals surface area contributed by atoms with Crippen LogP contribution in [0.3, 0.4) is 0 Å². The predicted molar refractivity (Wildman–Crippen MR) is 142 cm³/mol. The summed E-state index contributed by atoms with van der Waals surface area (Å²) in [5.41, 5.74) is 10.1. The Kier molecular flexibility index (Phi) is 9.07. The average Bonchev–Trinajstić information content (AvgIpc) is 2.87. The van der Waals surface area contributed by atoms with E-state index in [1.54, 1.807) is 6.07 Å². The fourth-order valence-corrected chi connectivity index (χ4v) is 4.40. The number of nitrogens with zero attached hydrogens (tertiary/aromatic N) is 2. The van der Waals surface area contributed by atoms with Crippen molar-refractivity contribution in [2.24, 2.45) is 5.73 Å². The molecule has 4 rings (SSSR count). The van der Waals surface area contributed by atoms with Gasteiger partial charge in [-0.05, 0) is 42.3 Å². The number of aliphatic hydroxyl groups is 1. The zero-order valence-electron chi connectivity index (χ0n) is 21.1. The van der Waals surface area contributed by atoms with Crippen molar-refractivity contribution in [2.45, 2.75) is 32.9 Å². The molecular formula is C29H35F2N3O2. The van der Waals surface area contributed by atoms with E-state index in [9.17, 15) is 19.0 Å². The van der Waals surface area contributed by atoms with Gasteiger partial charge >= 0.3 is 0 Å². The van der Waals surface area contributed by atoms with Gasteiger partial charge in [-0.15, -0.1) is 0 Å². The van der Waals surface area contributed by atoms with Crippen molar-refractivity contribution < 1.29 is 19.0 Å². The number of aromatic hydroxyl groups is 1. The third-order valence-electron chi connectivity index (χ3n) is 6.34. The largest absolute Gasteiger partial charge is 0.506 e. The highest BCUT2D eigenvalue weighted by Crippen LogP contribution is 2.37. The maximum Gasteiger partial charge on any atom is 0.159 e. The molecule has 1 aliphatic heterocycles. The van der Waals surface area contributed by atoms with Crippen molar-refractivity contribution in [1.82, 2.24) is 4.90 Å². The molecule has 1 unspecified atom stereocenters. The van der Waals surface area contributed by atoms with Gasteiger partial charge in [0.05, 0.1) is 17.8 Å². The van der Waals surface area contributed by atoms with Crippen LogP contribution < -0.4 is 10.6 Å². The van der Waals surface area contributed by atoms with Crippen molar-refractivity contribution in [3.63, 3.8) is 0 Å². The minimum atomic E-state index is -0.974. The summed E-state index contributed by atoms with van der Waals surface area (Å²) in [4.78, 5) is 4.24. The molecular weight excluding hydrogens is 460 g/mol. The van der Waals surface area contributed by atoms with Gasteiger partial charge in [0, 0.05) is 37.4 Å². The van der Waals surface area contributed by atoms with Crippen molar-refractivity contribution >= 4 is 11.4 Å². The summed E-state index contributed by atoms with van der Waals surface area (Å²) in [7, 11) is 0. The molecule has 1 saturated heterocycles. The SMILES string of the molecule is C=C(N)c1ccc(N2CCN(CC(O)c3ccc(F)c(F)c3)C[C@H]2c2ccc(C)cc2)c(O)c1.CC. The molecule has 7 heteroatoms. The van der Waals surface area contributed by atoms with Gasteiger partial charge in [0.2, 0.25) is 0 Å². The quantitative estimate of drug-likeness (QED) is 0.419. The average molecular weight is 496 g/mol. The molecule has 3 aromatic rings. The lowest BCUT2D eigenvalue weighted by atomic mass is 9.98. The molecule has 4 N–H and O–H groups in total. The first-order valence-electron chi connectivity index (χ1n) is 12.2. The Hall–Kier alpha value is -3.42. The number of phenolic OH excluding ortho intramolecular Hbond substituents is 1. The van der Waals surface area contributed by atoms with Gasteiger partial charge in [-0.25, -0.2) is 8.78 Å². The summed E-state index contributed by atoms with van der Waals surface area (Å²) in [6, 6.07) is 16.9. The van der Waals surface area contributed by atoms with Gasteiger partial charge in [-0.3, -0.25) is 4.90 Å². The Labute approximate surface area is 212 Å². The number of anilines is 1. The van der Waals surface area contributed by atoms with Crippen LogP contribution in [0.5, 0.6) is 5.75 Å². The van der Waals surface area contributed by atoms with Crippen molar-refractivity contribution in [2.75, 3.05) is 31.1 Å². The number of rotatable bonds is 6. The maximum atomic E-state index is 13.6. The van der Waals surface area contributed by atoms with E-state index in [0.29, 0.717) is 42.1 Å². The van der Waals surface area contributed by atoms with E-state index in [-0.39, 0.29) is 18.3 Å². The third-order valence-corrected chi connectivity index (χ3v) is 6.34. The number of nitrogens with two attached hydrogens (primary N) is 1. The summed E-state index contributed by atoms with van der Waals surface area (Å²) in [6.45, 7) is 11.8. The zero-order valence-corrected chi connectivity index (χ0v) is 21.1. The molecule has 1 heterocycles. The van der Waals surface area contributed by atoms with Crippen LogP contribution in [0.1, 0.15) is 48.2 Å². The van der Waals surface area contributed by atoms with E-state index in [4.69, 9.17) is 5.73 Å². The first-order valence-corrected chi connectivity index (χ1v) is 12.2. The minimum Gasteiger partial charge on any atom is -0.506 e. The summed E-state index contributed by atoms with van der Waals surface area (Å²) >= 11 is 0. The van der Waals surface area contributed by atoms with Gasteiger partial charge < -0.3 is 20.8 Å². The van der Waals surface area contributed by atoms with Crippen LogP contribution in [-0.2, 0) is 0 Å². The highest BCUT2D eigenvalue weighted by Gasteiger charge is 2.31. The number of benzene rings is 3. The van der Waals surface area contributed by atoms with Crippen LogP contribution in [0.15, 0.2) is 67.2 Å². The van der Waals surface area contributed by atoms with Gasteiger partial charge in [0.15, 0.2) is 11.6 Å². The monoisotopic (exact) mass is 495 g/mol. The van der Waals surface area contributed by atoms with Crippen LogP contribution >= 0.6 is 0 Å². The number of hydrogen-bond donors (Lipinski definition) is 3. The Morgan fingerprint density at radius 2 is 1.72 bits per heavy atom. The fraction of sp³-hybridized carbons (Fsp3) is 0.310. The highest BCUT2D eigenvalue weighted by atomic mass is 19.2. The van der Waals surface area contributed by atoms with Gasteiger partial charge in [0.25, 0.3) is 0 Å². The van der Waals surface area contributed by atoms with Gasteiger partial charge in [-0.1, -0.05) is 62.4 Å². The summed E-state index contributed by atoms with van der Waals surface area (Å²) < 4.78 is 26.9. The standard InChI is InChI=1S/C27H29F2N3O2.C2H6/c1-17-3-5-19(6-4-17)25-15-31(16-27(34)21-7-9-22(28)23(29)13-21)11-12-32(25)24-10-8-20(18(2)30)14-26(24)33;1-2/h3-10,13-14,25,27,33-34H,2,11-12,15-16,30H2,1H3;1-2H3/t25-,27?;/m0./s1. The molecule has 0 saturated carbocycles. The zero-order chi connectivity index (χ0) is 26.4. The van der Waals surface area contributed by atoms with Crippen LogP contribution in [-0.4, -0.2) is 41.3 Å². The molecule has 0 spiro atoms. The number of phenols is 1. The van der Waals surface area contributed by atoms with E-state index in [2.05, 4.69) is 28.5 Å². The van der Waals surface area contributed by atoms with E-state index >= 15 is 0 Å². The molecule has 0 radical (unpaired) electrons. The van der Waals surface area contributed by atoms with Gasteiger partial charge in [0.1, 0.15) is 5.75 Å². The molecule has 0 amide bonds. The summed E-state index contributed by atoms with van der Waals surface area (Å²) in [5, 5.41) is 21.4. The lowest BCUT2D eigenvalue weighted by Crippen LogP contribution is -2.49. The molecule has 5 nitrogen and oxygen atoms in total. The smallest absolute Gasteiger partial charge is 0.159 e. The molecule has 0 aromatic heterocycles. The molecule has 1 aliphatic rings. The second-order valence-electron chi connectivity index (χ2n) is 8.80. The van der Waals surface area contributed by atoms with Crippen molar-refractivity contribution in [3.8, 4) is 5.75 Å². The lowest BCUT2D eigenvalue weighted by molar-refractivity contribution is 0.100. The fourth-order valence-electron chi connectivity index (χ4n) is 4.40. The Bertz CT molecular complexity index is 1180. The van der Waals surface area contributed by atoms with E-state index in [1.807, 2.05) is 45.0 Å². The second kappa shape index (κ2) is 12.0. The number of halogens is 2. The predicted octanol–water partition coefficient (Wildman–Crippen LogP) is 5.53. The highest BCUT2D eigenvalue weighted by molar-refractivity contribution is 5.69. The number of piperazine rings is 1. The Morgan fingerprint density at radius 1 is 1.03 bits per heavy atom. The van der Waals surface area contributed by atoms with Crippen LogP contribution in [0.4, 0.5) is 14.5 Å². The molecule has 0 aliphatic carbocycles. The Balaban J connectivity index is 0.00000176. The minimum absolute atomic E-state index is 0.0932. The Morgan fingerprint density at radius 3 is 2.33 bits per heavy atom. The summed E-state index contributed by atoms with van der Waals surface area (Å²) in [5.74, 6) is -1.79. The van der Waals surface area contributed by atoms with E-state index < -0.39 is 17.7 Å². The maximum absolute atomic E-state index is 13.6.